The normalized spacial score (nSPS) is 15.9. The lowest BCUT2D eigenvalue weighted by molar-refractivity contribution is 0.0764. The molecule has 1 saturated heterocycles. The Morgan fingerprint density at radius 3 is 2.56 bits per heavy atom. The first-order valence-corrected chi connectivity index (χ1v) is 8.77. The van der Waals surface area contributed by atoms with Crippen LogP contribution in [0.2, 0.25) is 0 Å². The molecular formula is C18H25ClN2O6. The van der Waals surface area contributed by atoms with Crippen molar-refractivity contribution in [1.82, 2.24) is 9.80 Å². The fraction of sp³-hybridized carbons (Fsp3) is 0.556. The van der Waals surface area contributed by atoms with Crippen LogP contribution in [0.4, 0.5) is 4.79 Å². The van der Waals surface area contributed by atoms with Gasteiger partial charge >= 0.3 is 6.09 Å². The van der Waals surface area contributed by atoms with Gasteiger partial charge < -0.3 is 23.8 Å². The van der Waals surface area contributed by atoms with Crippen LogP contribution in [0.3, 0.4) is 0 Å². The summed E-state index contributed by atoms with van der Waals surface area (Å²) in [6.07, 6.45) is 0.123. The van der Waals surface area contributed by atoms with Gasteiger partial charge in [0.05, 0.1) is 13.7 Å². The molecule has 0 atom stereocenters. The molecule has 0 unspecified atom stereocenters. The van der Waals surface area contributed by atoms with Crippen LogP contribution in [0.5, 0.6) is 17.2 Å². The van der Waals surface area contributed by atoms with Crippen molar-refractivity contribution in [2.75, 3.05) is 53.2 Å². The maximum absolute atomic E-state index is 12.5. The summed E-state index contributed by atoms with van der Waals surface area (Å²) in [7, 11) is 1.54. The monoisotopic (exact) mass is 400 g/mol. The van der Waals surface area contributed by atoms with Crippen LogP contribution in [0.15, 0.2) is 12.1 Å². The second-order valence-electron chi connectivity index (χ2n) is 6.11. The highest BCUT2D eigenvalue weighted by molar-refractivity contribution is 5.97. The van der Waals surface area contributed by atoms with Crippen LogP contribution in [0.25, 0.3) is 0 Å². The molecule has 0 radical (unpaired) electrons. The molecule has 0 aliphatic carbocycles. The summed E-state index contributed by atoms with van der Waals surface area (Å²) in [6.45, 7) is 5.65. The number of hydrogen-bond donors (Lipinski definition) is 0. The topological polar surface area (TPSA) is 77.5 Å². The van der Waals surface area contributed by atoms with Gasteiger partial charge in [-0.15, -0.1) is 12.4 Å². The summed E-state index contributed by atoms with van der Waals surface area (Å²) in [6, 6.07) is 3.39. The van der Waals surface area contributed by atoms with Crippen molar-refractivity contribution in [2.45, 2.75) is 13.3 Å². The fourth-order valence-corrected chi connectivity index (χ4v) is 3.06. The number of ether oxygens (including phenoxy) is 4. The first kappa shape index (κ1) is 21.1. The van der Waals surface area contributed by atoms with E-state index in [0.29, 0.717) is 55.5 Å². The Hall–Kier alpha value is -2.19. The number of methoxy groups -OCH3 is 1. The smallest absolute Gasteiger partial charge is 0.409 e. The fourth-order valence-electron chi connectivity index (χ4n) is 3.06. The van der Waals surface area contributed by atoms with Gasteiger partial charge in [-0.2, -0.15) is 0 Å². The van der Waals surface area contributed by atoms with Gasteiger partial charge in [-0.3, -0.25) is 9.69 Å². The molecule has 3 rings (SSSR count). The summed E-state index contributed by atoms with van der Waals surface area (Å²) < 4.78 is 21.0. The lowest BCUT2D eigenvalue weighted by Crippen LogP contribution is -2.49. The van der Waals surface area contributed by atoms with Crippen molar-refractivity contribution in [3.05, 3.63) is 17.7 Å². The van der Waals surface area contributed by atoms with Gasteiger partial charge in [-0.1, -0.05) is 0 Å². The van der Waals surface area contributed by atoms with E-state index < -0.39 is 0 Å². The van der Waals surface area contributed by atoms with Crippen LogP contribution in [-0.4, -0.2) is 74.9 Å². The summed E-state index contributed by atoms with van der Waals surface area (Å²) in [4.78, 5) is 28.1. The lowest BCUT2D eigenvalue weighted by atomic mass is 10.1. The second-order valence-corrected chi connectivity index (χ2v) is 6.11. The average Bonchev–Trinajstić information content (AvgIpc) is 3.14. The zero-order chi connectivity index (χ0) is 18.5. The van der Waals surface area contributed by atoms with E-state index in [9.17, 15) is 9.59 Å². The van der Waals surface area contributed by atoms with Gasteiger partial charge in [0.15, 0.2) is 17.3 Å². The maximum atomic E-state index is 12.5. The zero-order valence-electron chi connectivity index (χ0n) is 15.6. The third-order valence-corrected chi connectivity index (χ3v) is 4.53. The van der Waals surface area contributed by atoms with Gasteiger partial charge in [0.2, 0.25) is 12.5 Å². The Balaban J connectivity index is 0.00000261. The minimum atomic E-state index is -0.268. The van der Waals surface area contributed by atoms with Crippen LogP contribution in [-0.2, 0) is 4.74 Å². The molecule has 27 heavy (non-hydrogen) atoms. The molecule has 9 heteroatoms. The minimum Gasteiger partial charge on any atom is -0.493 e. The molecule has 8 nitrogen and oxygen atoms in total. The highest BCUT2D eigenvalue weighted by Crippen LogP contribution is 2.42. The Morgan fingerprint density at radius 1 is 1.15 bits per heavy atom. The van der Waals surface area contributed by atoms with Crippen molar-refractivity contribution in [2.24, 2.45) is 0 Å². The SMILES string of the molecule is CCOC(=O)N1CCN(CCC(=O)c2cc(OC)c3c(c2)OCO3)CC1.Cl. The maximum Gasteiger partial charge on any atom is 0.409 e. The van der Waals surface area contributed by atoms with Crippen molar-refractivity contribution < 1.29 is 28.5 Å². The van der Waals surface area contributed by atoms with Crippen LogP contribution >= 0.6 is 12.4 Å². The number of carbonyl (C=O) groups excluding carboxylic acids is 2. The van der Waals surface area contributed by atoms with E-state index in [1.165, 1.54) is 7.11 Å². The number of piperazine rings is 1. The molecule has 150 valence electrons. The molecule has 0 bridgehead atoms. The van der Waals surface area contributed by atoms with Crippen molar-refractivity contribution in [3.8, 4) is 17.2 Å². The summed E-state index contributed by atoms with van der Waals surface area (Å²) in [5.41, 5.74) is 0.552. The first-order chi connectivity index (χ1) is 12.6. The number of halogens is 1. The van der Waals surface area contributed by atoms with E-state index in [2.05, 4.69) is 4.90 Å². The van der Waals surface area contributed by atoms with Gasteiger partial charge in [-0.25, -0.2) is 4.79 Å². The molecule has 2 heterocycles. The molecular weight excluding hydrogens is 376 g/mol. The zero-order valence-corrected chi connectivity index (χ0v) is 16.4. The minimum absolute atomic E-state index is 0. The Bertz CT molecular complexity index is 676. The van der Waals surface area contributed by atoms with Gasteiger partial charge in [0, 0.05) is 44.7 Å². The quantitative estimate of drug-likeness (QED) is 0.677. The van der Waals surface area contributed by atoms with Crippen molar-refractivity contribution in [3.63, 3.8) is 0 Å². The van der Waals surface area contributed by atoms with E-state index in [-0.39, 0.29) is 31.1 Å². The third kappa shape index (κ3) is 4.95. The van der Waals surface area contributed by atoms with E-state index in [4.69, 9.17) is 18.9 Å². The standard InChI is InChI=1S/C18H24N2O6.ClH/c1-3-24-18(22)20-8-6-19(7-9-20)5-4-14(21)13-10-15(23-2)17-16(11-13)25-12-26-17;/h10-11H,3-9,12H2,1-2H3;1H. The Morgan fingerprint density at radius 2 is 1.89 bits per heavy atom. The highest BCUT2D eigenvalue weighted by atomic mass is 35.5. The summed E-state index contributed by atoms with van der Waals surface area (Å²) in [5, 5.41) is 0. The molecule has 0 saturated carbocycles. The van der Waals surface area contributed by atoms with Crippen molar-refractivity contribution >= 4 is 24.3 Å². The molecule has 1 fully saturated rings. The number of ketones is 1. The van der Waals surface area contributed by atoms with E-state index >= 15 is 0 Å². The number of hydrogen-bond acceptors (Lipinski definition) is 7. The molecule has 1 aromatic carbocycles. The number of rotatable bonds is 6. The molecule has 0 spiro atoms. The van der Waals surface area contributed by atoms with E-state index in [1.807, 2.05) is 0 Å². The molecule has 2 aliphatic heterocycles. The Labute approximate surface area is 164 Å². The number of fused-ring (bicyclic) bond motifs is 1. The predicted molar refractivity (Wildman–Crippen MR) is 100 cm³/mol. The molecule has 2 aliphatic rings. The highest BCUT2D eigenvalue weighted by Gasteiger charge is 2.24. The van der Waals surface area contributed by atoms with Crippen LogP contribution < -0.4 is 14.2 Å². The van der Waals surface area contributed by atoms with Crippen molar-refractivity contribution in [1.29, 1.82) is 0 Å². The van der Waals surface area contributed by atoms with Gasteiger partial charge in [0.1, 0.15) is 0 Å². The van der Waals surface area contributed by atoms with E-state index in [1.54, 1.807) is 24.0 Å². The van der Waals surface area contributed by atoms with Crippen LogP contribution in [0, 0.1) is 0 Å². The number of amides is 1. The predicted octanol–water partition coefficient (Wildman–Crippen LogP) is 2.19. The largest absolute Gasteiger partial charge is 0.493 e. The van der Waals surface area contributed by atoms with Crippen LogP contribution in [0.1, 0.15) is 23.7 Å². The summed E-state index contributed by atoms with van der Waals surface area (Å²) >= 11 is 0. The van der Waals surface area contributed by atoms with E-state index in [0.717, 1.165) is 13.1 Å². The van der Waals surface area contributed by atoms with Gasteiger partial charge in [0.25, 0.3) is 0 Å². The number of benzene rings is 1. The molecule has 1 amide bonds. The number of nitrogens with zero attached hydrogens (tertiary/aromatic N) is 2. The molecule has 0 aromatic heterocycles. The lowest BCUT2D eigenvalue weighted by Gasteiger charge is -2.33. The Kier molecular flexibility index (Phi) is 7.55. The summed E-state index contributed by atoms with van der Waals surface area (Å²) in [5.74, 6) is 1.61. The van der Waals surface area contributed by atoms with Gasteiger partial charge in [-0.05, 0) is 19.1 Å². The number of carbonyl (C=O) groups is 2. The first-order valence-electron chi connectivity index (χ1n) is 8.77. The molecule has 1 aromatic rings. The molecule has 0 N–H and O–H groups in total. The average molecular weight is 401 g/mol. The second kappa shape index (κ2) is 9.66. The number of Topliss-reactive ketones (excluding diaryl/α,β-unsaturated/α-hetero) is 1. The third-order valence-electron chi connectivity index (χ3n) is 4.53.